The number of ether oxygens (including phenoxy) is 1. The average Bonchev–Trinajstić information content (AvgIpc) is 2.95. The lowest BCUT2D eigenvalue weighted by Crippen LogP contribution is -2.40. The van der Waals surface area contributed by atoms with Gasteiger partial charge in [-0.25, -0.2) is 8.42 Å². The Morgan fingerprint density at radius 2 is 1.72 bits per heavy atom. The number of methoxy groups -OCH3 is 1. The Morgan fingerprint density at radius 1 is 1.08 bits per heavy atom. The van der Waals surface area contributed by atoms with E-state index < -0.39 is 22.0 Å². The maximum Gasteiger partial charge on any atom is 0.324 e. The van der Waals surface area contributed by atoms with Gasteiger partial charge in [0.2, 0.25) is 10.0 Å². The van der Waals surface area contributed by atoms with Crippen LogP contribution in [-0.4, -0.2) is 44.1 Å². The first-order valence-corrected chi connectivity index (χ1v) is 9.84. The second-order valence-corrected chi connectivity index (χ2v) is 8.11. The van der Waals surface area contributed by atoms with Gasteiger partial charge in [0.25, 0.3) is 0 Å². The summed E-state index contributed by atoms with van der Waals surface area (Å²) in [6.07, 6.45) is 0.851. The number of hydrogen-bond donors (Lipinski definition) is 0. The van der Waals surface area contributed by atoms with Gasteiger partial charge in [0, 0.05) is 6.54 Å². The highest BCUT2D eigenvalue weighted by atomic mass is 32.2. The highest BCUT2D eigenvalue weighted by molar-refractivity contribution is 7.89. The van der Waals surface area contributed by atoms with Gasteiger partial charge in [0.1, 0.15) is 6.04 Å². The molecule has 1 atom stereocenters. The van der Waals surface area contributed by atoms with Crippen LogP contribution in [0.4, 0.5) is 0 Å². The third kappa shape index (κ3) is 3.91. The van der Waals surface area contributed by atoms with Crippen LogP contribution >= 0.6 is 0 Å². The molecule has 2 aromatic rings. The SMILES string of the molecule is COC(=O)C1CCS(=O)(=O)N1CCc1ccc(-c2ccccc2)cc1. The van der Waals surface area contributed by atoms with Gasteiger partial charge in [-0.3, -0.25) is 4.79 Å². The normalized spacial score (nSPS) is 19.6. The zero-order valence-electron chi connectivity index (χ0n) is 14.1. The fourth-order valence-corrected chi connectivity index (χ4v) is 4.82. The van der Waals surface area contributed by atoms with E-state index in [2.05, 4.69) is 0 Å². The van der Waals surface area contributed by atoms with Crippen molar-refractivity contribution in [2.75, 3.05) is 19.4 Å². The molecule has 2 aromatic carbocycles. The van der Waals surface area contributed by atoms with Gasteiger partial charge < -0.3 is 4.74 Å². The number of nitrogens with zero attached hydrogens (tertiary/aromatic N) is 1. The van der Waals surface area contributed by atoms with Crippen molar-refractivity contribution in [2.24, 2.45) is 0 Å². The summed E-state index contributed by atoms with van der Waals surface area (Å²) < 4.78 is 30.4. The van der Waals surface area contributed by atoms with Gasteiger partial charge >= 0.3 is 5.97 Å². The van der Waals surface area contributed by atoms with Crippen molar-refractivity contribution < 1.29 is 17.9 Å². The summed E-state index contributed by atoms with van der Waals surface area (Å²) in [7, 11) is -2.09. The van der Waals surface area contributed by atoms with E-state index in [-0.39, 0.29) is 12.3 Å². The van der Waals surface area contributed by atoms with Crippen LogP contribution in [0.15, 0.2) is 54.6 Å². The Hall–Kier alpha value is -2.18. The molecule has 5 nitrogen and oxygen atoms in total. The predicted molar refractivity (Wildman–Crippen MR) is 96.5 cm³/mol. The van der Waals surface area contributed by atoms with E-state index in [9.17, 15) is 13.2 Å². The Balaban J connectivity index is 1.69. The monoisotopic (exact) mass is 359 g/mol. The minimum atomic E-state index is -3.38. The van der Waals surface area contributed by atoms with E-state index in [1.54, 1.807) is 0 Å². The quantitative estimate of drug-likeness (QED) is 0.770. The molecular formula is C19H21NO4S. The first kappa shape index (κ1) is 17.6. The van der Waals surface area contributed by atoms with E-state index in [1.807, 2.05) is 54.6 Å². The maximum absolute atomic E-state index is 12.2. The van der Waals surface area contributed by atoms with Crippen LogP contribution in [-0.2, 0) is 26.0 Å². The molecule has 25 heavy (non-hydrogen) atoms. The molecule has 0 N–H and O–H groups in total. The molecule has 0 amide bonds. The fraction of sp³-hybridized carbons (Fsp3) is 0.316. The highest BCUT2D eigenvalue weighted by Crippen LogP contribution is 2.24. The van der Waals surface area contributed by atoms with Crippen molar-refractivity contribution >= 4 is 16.0 Å². The summed E-state index contributed by atoms with van der Waals surface area (Å²) in [5.41, 5.74) is 3.29. The largest absolute Gasteiger partial charge is 0.468 e. The van der Waals surface area contributed by atoms with E-state index in [1.165, 1.54) is 11.4 Å². The Bertz CT molecular complexity index is 831. The number of hydrogen-bond acceptors (Lipinski definition) is 4. The Kier molecular flexibility index (Phi) is 5.20. The van der Waals surface area contributed by atoms with Gasteiger partial charge in [0.05, 0.1) is 12.9 Å². The van der Waals surface area contributed by atoms with E-state index in [0.717, 1.165) is 16.7 Å². The third-order valence-corrected chi connectivity index (χ3v) is 6.41. The summed E-state index contributed by atoms with van der Waals surface area (Å²) in [6.45, 7) is 0.285. The van der Waals surface area contributed by atoms with Crippen molar-refractivity contribution in [3.63, 3.8) is 0 Å². The maximum atomic E-state index is 12.2. The summed E-state index contributed by atoms with van der Waals surface area (Å²) in [4.78, 5) is 11.8. The molecule has 0 spiro atoms. The summed E-state index contributed by atoms with van der Waals surface area (Å²) in [5.74, 6) is -0.486. The van der Waals surface area contributed by atoms with Crippen molar-refractivity contribution in [1.82, 2.24) is 4.31 Å². The van der Waals surface area contributed by atoms with Gasteiger partial charge in [-0.15, -0.1) is 0 Å². The molecule has 0 radical (unpaired) electrons. The van der Waals surface area contributed by atoms with Crippen LogP contribution in [0.2, 0.25) is 0 Å². The van der Waals surface area contributed by atoms with Gasteiger partial charge in [-0.1, -0.05) is 54.6 Å². The van der Waals surface area contributed by atoms with Crippen molar-refractivity contribution in [1.29, 1.82) is 0 Å². The Morgan fingerprint density at radius 3 is 2.36 bits per heavy atom. The summed E-state index contributed by atoms with van der Waals surface area (Å²) in [6, 6.07) is 17.4. The molecule has 1 aliphatic rings. The molecule has 0 aliphatic carbocycles. The number of rotatable bonds is 5. The number of carbonyl (C=O) groups excluding carboxylic acids is 1. The topological polar surface area (TPSA) is 63.7 Å². The summed E-state index contributed by atoms with van der Waals surface area (Å²) in [5, 5.41) is 0. The van der Waals surface area contributed by atoms with E-state index in [0.29, 0.717) is 12.8 Å². The smallest absolute Gasteiger partial charge is 0.324 e. The van der Waals surface area contributed by atoms with E-state index >= 15 is 0 Å². The average molecular weight is 359 g/mol. The van der Waals surface area contributed by atoms with Crippen LogP contribution in [0, 0.1) is 0 Å². The second kappa shape index (κ2) is 7.37. The molecule has 0 aromatic heterocycles. The van der Waals surface area contributed by atoms with Gasteiger partial charge in [0.15, 0.2) is 0 Å². The number of esters is 1. The first-order valence-electron chi connectivity index (χ1n) is 8.23. The molecule has 0 saturated carbocycles. The molecule has 6 heteroatoms. The van der Waals surface area contributed by atoms with Crippen LogP contribution in [0.1, 0.15) is 12.0 Å². The minimum absolute atomic E-state index is 0.000286. The lowest BCUT2D eigenvalue weighted by Gasteiger charge is -2.20. The molecule has 1 unspecified atom stereocenters. The zero-order valence-corrected chi connectivity index (χ0v) is 14.9. The molecule has 1 aliphatic heterocycles. The highest BCUT2D eigenvalue weighted by Gasteiger charge is 2.41. The standard InChI is InChI=1S/C19H21NO4S/c1-24-19(21)18-12-14-25(22,23)20(18)13-11-15-7-9-17(10-8-15)16-5-3-2-4-6-16/h2-10,18H,11-14H2,1H3. The van der Waals surface area contributed by atoms with Gasteiger partial charge in [-0.2, -0.15) is 4.31 Å². The molecular weight excluding hydrogens is 338 g/mol. The third-order valence-electron chi connectivity index (χ3n) is 4.51. The molecule has 3 rings (SSSR count). The number of sulfonamides is 1. The fourth-order valence-electron chi connectivity index (χ4n) is 3.12. The minimum Gasteiger partial charge on any atom is -0.468 e. The van der Waals surface area contributed by atoms with Gasteiger partial charge in [-0.05, 0) is 29.5 Å². The van der Waals surface area contributed by atoms with Crippen LogP contribution in [0.5, 0.6) is 0 Å². The number of benzene rings is 2. The molecule has 0 bridgehead atoms. The van der Waals surface area contributed by atoms with Crippen LogP contribution in [0.25, 0.3) is 11.1 Å². The Labute approximate surface area is 148 Å². The van der Waals surface area contributed by atoms with Crippen molar-refractivity contribution in [3.05, 3.63) is 60.2 Å². The predicted octanol–water partition coefficient (Wildman–Crippen LogP) is 2.47. The molecule has 1 fully saturated rings. The van der Waals surface area contributed by atoms with Crippen LogP contribution < -0.4 is 0 Å². The molecule has 132 valence electrons. The molecule has 1 heterocycles. The van der Waals surface area contributed by atoms with Crippen LogP contribution in [0.3, 0.4) is 0 Å². The van der Waals surface area contributed by atoms with E-state index in [4.69, 9.17) is 4.74 Å². The van der Waals surface area contributed by atoms with Crippen molar-refractivity contribution in [3.8, 4) is 11.1 Å². The molecule has 1 saturated heterocycles. The number of carbonyl (C=O) groups is 1. The van der Waals surface area contributed by atoms with Crippen molar-refractivity contribution in [2.45, 2.75) is 18.9 Å². The lowest BCUT2D eigenvalue weighted by atomic mass is 10.0. The summed E-state index contributed by atoms with van der Waals surface area (Å²) >= 11 is 0. The zero-order chi connectivity index (χ0) is 17.9. The lowest BCUT2D eigenvalue weighted by molar-refractivity contribution is -0.144. The second-order valence-electron chi connectivity index (χ2n) is 6.07. The first-order chi connectivity index (χ1) is 12.0.